The maximum atomic E-state index is 5.99. The summed E-state index contributed by atoms with van der Waals surface area (Å²) < 4.78 is 5.64. The fourth-order valence-corrected chi connectivity index (χ4v) is 1.74. The van der Waals surface area contributed by atoms with E-state index in [4.69, 9.17) is 27.9 Å². The molecular formula is C13H11Cl2NO. The van der Waals surface area contributed by atoms with Gasteiger partial charge in [0.05, 0.1) is 5.02 Å². The van der Waals surface area contributed by atoms with E-state index in [0.717, 1.165) is 16.9 Å². The molecule has 0 amide bonds. The summed E-state index contributed by atoms with van der Waals surface area (Å²) in [6, 6.07) is 9.53. The Morgan fingerprint density at radius 1 is 1.24 bits per heavy atom. The number of alkyl halides is 1. The lowest BCUT2D eigenvalue weighted by Gasteiger charge is -2.08. The summed E-state index contributed by atoms with van der Waals surface area (Å²) in [6.07, 6.45) is 3.30. The Kier molecular flexibility index (Phi) is 4.24. The molecule has 2 rings (SSSR count). The van der Waals surface area contributed by atoms with E-state index in [-0.39, 0.29) is 0 Å². The topological polar surface area (TPSA) is 22.1 Å². The molecule has 0 bridgehead atoms. The number of aromatic nitrogens is 1. The molecular weight excluding hydrogens is 257 g/mol. The highest BCUT2D eigenvalue weighted by molar-refractivity contribution is 6.31. The third-order valence-electron chi connectivity index (χ3n) is 2.30. The Morgan fingerprint density at radius 2 is 2.12 bits per heavy atom. The fourth-order valence-electron chi connectivity index (χ4n) is 1.40. The van der Waals surface area contributed by atoms with Crippen LogP contribution in [0.4, 0.5) is 0 Å². The van der Waals surface area contributed by atoms with Crippen molar-refractivity contribution in [1.29, 1.82) is 0 Å². The van der Waals surface area contributed by atoms with E-state index in [1.165, 1.54) is 0 Å². The zero-order chi connectivity index (χ0) is 12.1. The second-order valence-electron chi connectivity index (χ2n) is 3.54. The third kappa shape index (κ3) is 3.35. The standard InChI is InChI=1S/C13H11Cl2NO/c14-7-10-2-1-3-12(6-10)17-9-11-4-5-16-8-13(11)15/h1-6,8H,7,9H2. The van der Waals surface area contributed by atoms with Gasteiger partial charge in [-0.15, -0.1) is 11.6 Å². The van der Waals surface area contributed by atoms with Gasteiger partial charge in [-0.05, 0) is 23.8 Å². The number of hydrogen-bond acceptors (Lipinski definition) is 2. The highest BCUT2D eigenvalue weighted by atomic mass is 35.5. The van der Waals surface area contributed by atoms with Crippen LogP contribution in [0.15, 0.2) is 42.7 Å². The zero-order valence-corrected chi connectivity index (χ0v) is 10.6. The molecule has 1 heterocycles. The lowest BCUT2D eigenvalue weighted by Crippen LogP contribution is -1.97. The summed E-state index contributed by atoms with van der Waals surface area (Å²) in [6.45, 7) is 0.424. The lowest BCUT2D eigenvalue weighted by atomic mass is 10.2. The van der Waals surface area contributed by atoms with Gasteiger partial charge in [0.15, 0.2) is 0 Å². The molecule has 4 heteroatoms. The number of hydrogen-bond donors (Lipinski definition) is 0. The first-order valence-corrected chi connectivity index (χ1v) is 6.07. The molecule has 2 nitrogen and oxygen atoms in total. The average molecular weight is 268 g/mol. The largest absolute Gasteiger partial charge is 0.489 e. The van der Waals surface area contributed by atoms with Crippen LogP contribution in [0.2, 0.25) is 5.02 Å². The Bertz CT molecular complexity index is 502. The first kappa shape index (κ1) is 12.2. The summed E-state index contributed by atoms with van der Waals surface area (Å²) in [7, 11) is 0. The van der Waals surface area contributed by atoms with Crippen molar-refractivity contribution >= 4 is 23.2 Å². The monoisotopic (exact) mass is 267 g/mol. The van der Waals surface area contributed by atoms with Gasteiger partial charge in [-0.1, -0.05) is 23.7 Å². The van der Waals surface area contributed by atoms with Gasteiger partial charge in [0.1, 0.15) is 12.4 Å². The van der Waals surface area contributed by atoms with Gasteiger partial charge in [-0.25, -0.2) is 0 Å². The molecule has 1 aromatic carbocycles. The van der Waals surface area contributed by atoms with Crippen LogP contribution in [0.3, 0.4) is 0 Å². The number of rotatable bonds is 4. The first-order valence-electron chi connectivity index (χ1n) is 5.15. The Hall–Kier alpha value is -1.25. The van der Waals surface area contributed by atoms with E-state index in [2.05, 4.69) is 4.98 Å². The Labute approximate surface area is 110 Å². The van der Waals surface area contributed by atoms with Gasteiger partial charge < -0.3 is 4.74 Å². The zero-order valence-electron chi connectivity index (χ0n) is 9.07. The SMILES string of the molecule is ClCc1cccc(OCc2ccncc2Cl)c1. The smallest absolute Gasteiger partial charge is 0.120 e. The second kappa shape index (κ2) is 5.89. The number of benzene rings is 1. The first-order chi connectivity index (χ1) is 8.29. The third-order valence-corrected chi connectivity index (χ3v) is 2.95. The molecule has 0 saturated carbocycles. The molecule has 0 atom stereocenters. The van der Waals surface area contributed by atoms with Crippen molar-refractivity contribution < 1.29 is 4.74 Å². The molecule has 1 aromatic heterocycles. The molecule has 0 aliphatic heterocycles. The van der Waals surface area contributed by atoms with Crippen LogP contribution in [0.1, 0.15) is 11.1 Å². The van der Waals surface area contributed by atoms with Crippen LogP contribution in [0.5, 0.6) is 5.75 Å². The molecule has 0 spiro atoms. The molecule has 2 aromatic rings. The van der Waals surface area contributed by atoms with Crippen molar-refractivity contribution in [3.63, 3.8) is 0 Å². The minimum Gasteiger partial charge on any atom is -0.489 e. The van der Waals surface area contributed by atoms with Gasteiger partial charge in [0.25, 0.3) is 0 Å². The van der Waals surface area contributed by atoms with E-state index in [1.807, 2.05) is 30.3 Å². The number of nitrogens with zero attached hydrogens (tertiary/aromatic N) is 1. The number of ether oxygens (including phenoxy) is 1. The minimum absolute atomic E-state index is 0.424. The van der Waals surface area contributed by atoms with Crippen molar-refractivity contribution in [2.45, 2.75) is 12.5 Å². The van der Waals surface area contributed by atoms with Gasteiger partial charge in [-0.2, -0.15) is 0 Å². The van der Waals surface area contributed by atoms with Crippen LogP contribution in [0.25, 0.3) is 0 Å². The van der Waals surface area contributed by atoms with Crippen LogP contribution < -0.4 is 4.74 Å². The number of pyridine rings is 1. The summed E-state index contributed by atoms with van der Waals surface area (Å²) >= 11 is 11.7. The predicted molar refractivity (Wildman–Crippen MR) is 69.6 cm³/mol. The lowest BCUT2D eigenvalue weighted by molar-refractivity contribution is 0.306. The van der Waals surface area contributed by atoms with Crippen LogP contribution in [-0.2, 0) is 12.5 Å². The quantitative estimate of drug-likeness (QED) is 0.780. The Morgan fingerprint density at radius 3 is 2.88 bits per heavy atom. The van der Waals surface area contributed by atoms with Crippen LogP contribution >= 0.6 is 23.2 Å². The van der Waals surface area contributed by atoms with Crippen molar-refractivity contribution in [1.82, 2.24) is 4.98 Å². The van der Waals surface area contributed by atoms with Crippen molar-refractivity contribution in [3.05, 3.63) is 58.9 Å². The normalized spacial score (nSPS) is 10.2. The summed E-state index contributed by atoms with van der Waals surface area (Å²) in [5, 5.41) is 0.612. The number of halogens is 2. The van der Waals surface area contributed by atoms with E-state index in [1.54, 1.807) is 12.4 Å². The molecule has 17 heavy (non-hydrogen) atoms. The average Bonchev–Trinajstić information content (AvgIpc) is 2.38. The summed E-state index contributed by atoms with van der Waals surface area (Å²) in [4.78, 5) is 3.92. The minimum atomic E-state index is 0.424. The maximum Gasteiger partial charge on any atom is 0.120 e. The molecule has 0 aliphatic rings. The summed E-state index contributed by atoms with van der Waals surface area (Å²) in [5.74, 6) is 1.27. The molecule has 0 fully saturated rings. The van der Waals surface area contributed by atoms with Crippen LogP contribution in [0, 0.1) is 0 Å². The molecule has 0 radical (unpaired) electrons. The molecule has 0 saturated heterocycles. The van der Waals surface area contributed by atoms with Gasteiger partial charge in [0, 0.05) is 23.8 Å². The van der Waals surface area contributed by atoms with Crippen molar-refractivity contribution in [2.75, 3.05) is 0 Å². The van der Waals surface area contributed by atoms with E-state index < -0.39 is 0 Å². The second-order valence-corrected chi connectivity index (χ2v) is 4.21. The summed E-state index contributed by atoms with van der Waals surface area (Å²) in [5.41, 5.74) is 1.95. The maximum absolute atomic E-state index is 5.99. The Balaban J connectivity index is 2.05. The van der Waals surface area contributed by atoms with Gasteiger partial charge in [-0.3, -0.25) is 4.98 Å². The molecule has 0 unspecified atom stereocenters. The van der Waals surface area contributed by atoms with E-state index >= 15 is 0 Å². The van der Waals surface area contributed by atoms with E-state index in [9.17, 15) is 0 Å². The van der Waals surface area contributed by atoms with Crippen molar-refractivity contribution in [3.8, 4) is 5.75 Å². The van der Waals surface area contributed by atoms with Crippen LogP contribution in [-0.4, -0.2) is 4.98 Å². The van der Waals surface area contributed by atoms with E-state index in [0.29, 0.717) is 17.5 Å². The molecule has 0 aliphatic carbocycles. The van der Waals surface area contributed by atoms with Crippen molar-refractivity contribution in [2.24, 2.45) is 0 Å². The van der Waals surface area contributed by atoms with Gasteiger partial charge in [0.2, 0.25) is 0 Å². The molecule has 0 N–H and O–H groups in total. The highest BCUT2D eigenvalue weighted by Gasteiger charge is 2.01. The highest BCUT2D eigenvalue weighted by Crippen LogP contribution is 2.19. The predicted octanol–water partition coefficient (Wildman–Crippen LogP) is 4.05. The van der Waals surface area contributed by atoms with Gasteiger partial charge >= 0.3 is 0 Å². The fraction of sp³-hybridized carbons (Fsp3) is 0.154. The molecule has 88 valence electrons.